The average Bonchev–Trinajstić information content (AvgIpc) is 3.36. The molecule has 0 spiro atoms. The molecule has 0 bridgehead atoms. The van der Waals surface area contributed by atoms with Crippen molar-refractivity contribution in [2.75, 3.05) is 12.1 Å². The van der Waals surface area contributed by atoms with Crippen LogP contribution in [0.2, 0.25) is 0 Å². The molecule has 2 aromatic carbocycles. The van der Waals surface area contributed by atoms with Gasteiger partial charge in [0.05, 0.1) is 0 Å². The number of thiocarbonyl (C=S) groups is 1. The van der Waals surface area contributed by atoms with Crippen LogP contribution in [0.15, 0.2) is 59.0 Å². The Morgan fingerprint density at radius 1 is 1.07 bits per heavy atom. The molecule has 0 fully saturated rings. The zero-order valence-corrected chi connectivity index (χ0v) is 15.4. The summed E-state index contributed by atoms with van der Waals surface area (Å²) in [6.07, 6.45) is 0. The Morgan fingerprint density at radius 2 is 1.93 bits per heavy atom. The van der Waals surface area contributed by atoms with Crippen molar-refractivity contribution in [3.8, 4) is 22.8 Å². The van der Waals surface area contributed by atoms with Crippen LogP contribution in [0.1, 0.15) is 16.1 Å². The molecule has 7 nitrogen and oxygen atoms in total. The van der Waals surface area contributed by atoms with E-state index in [0.29, 0.717) is 34.3 Å². The predicted molar refractivity (Wildman–Crippen MR) is 106 cm³/mol. The summed E-state index contributed by atoms with van der Waals surface area (Å²) in [4.78, 5) is 12.4. The van der Waals surface area contributed by atoms with Crippen molar-refractivity contribution in [2.45, 2.75) is 6.61 Å². The second-order valence-corrected chi connectivity index (χ2v) is 6.39. The number of furan rings is 1. The van der Waals surface area contributed by atoms with Crippen LogP contribution < -0.4 is 20.1 Å². The quantitative estimate of drug-likeness (QED) is 0.583. The SMILES string of the molecule is O=C(NC(=S)Nc1cccc(-c2ccc(CO)o2)c1)c1ccc2c(c1)OCO2. The van der Waals surface area contributed by atoms with E-state index >= 15 is 0 Å². The fourth-order valence-electron chi connectivity index (χ4n) is 2.74. The Balaban J connectivity index is 1.42. The molecule has 2 heterocycles. The summed E-state index contributed by atoms with van der Waals surface area (Å²) < 4.78 is 16.1. The molecule has 0 unspecified atom stereocenters. The molecule has 0 aliphatic carbocycles. The van der Waals surface area contributed by atoms with E-state index in [2.05, 4.69) is 10.6 Å². The normalized spacial score (nSPS) is 11.9. The molecule has 1 amide bonds. The lowest BCUT2D eigenvalue weighted by Gasteiger charge is -2.10. The number of benzene rings is 2. The number of anilines is 1. The van der Waals surface area contributed by atoms with E-state index in [9.17, 15) is 4.79 Å². The molecule has 28 heavy (non-hydrogen) atoms. The first-order valence-electron chi connectivity index (χ1n) is 8.44. The predicted octanol–water partition coefficient (Wildman–Crippen LogP) is 3.29. The first-order valence-corrected chi connectivity index (χ1v) is 8.85. The van der Waals surface area contributed by atoms with E-state index in [1.165, 1.54) is 0 Å². The van der Waals surface area contributed by atoms with Crippen LogP contribution in [0.3, 0.4) is 0 Å². The maximum absolute atomic E-state index is 12.4. The minimum atomic E-state index is -0.356. The average molecular weight is 396 g/mol. The van der Waals surface area contributed by atoms with Gasteiger partial charge in [0.2, 0.25) is 6.79 Å². The van der Waals surface area contributed by atoms with E-state index in [1.807, 2.05) is 24.3 Å². The van der Waals surface area contributed by atoms with Gasteiger partial charge in [0, 0.05) is 16.8 Å². The summed E-state index contributed by atoms with van der Waals surface area (Å²) >= 11 is 5.24. The number of carbonyl (C=O) groups excluding carboxylic acids is 1. The zero-order valence-electron chi connectivity index (χ0n) is 14.6. The Kier molecular flexibility index (Phi) is 4.96. The van der Waals surface area contributed by atoms with Gasteiger partial charge in [-0.3, -0.25) is 10.1 Å². The summed E-state index contributed by atoms with van der Waals surface area (Å²) in [5.74, 6) is 1.89. The standard InChI is InChI=1S/C20H16N2O5S/c23-10-15-5-7-16(27-15)12-2-1-3-14(8-12)21-20(28)22-19(24)13-4-6-17-18(9-13)26-11-25-17/h1-9,23H,10-11H2,(H2,21,22,24,28). The summed E-state index contributed by atoms with van der Waals surface area (Å²) in [6, 6.07) is 15.8. The number of hydrogen-bond acceptors (Lipinski definition) is 6. The van der Waals surface area contributed by atoms with Crippen LogP contribution in [0.5, 0.6) is 11.5 Å². The number of fused-ring (bicyclic) bond motifs is 1. The van der Waals surface area contributed by atoms with Crippen molar-refractivity contribution < 1.29 is 23.8 Å². The number of hydrogen-bond donors (Lipinski definition) is 3. The van der Waals surface area contributed by atoms with Crippen LogP contribution in [0.4, 0.5) is 5.69 Å². The molecule has 3 N–H and O–H groups in total. The lowest BCUT2D eigenvalue weighted by Crippen LogP contribution is -2.34. The van der Waals surface area contributed by atoms with Crippen molar-refractivity contribution in [1.82, 2.24) is 5.32 Å². The van der Waals surface area contributed by atoms with Gasteiger partial charge in [0.1, 0.15) is 18.1 Å². The van der Waals surface area contributed by atoms with Crippen molar-refractivity contribution in [2.24, 2.45) is 0 Å². The first-order chi connectivity index (χ1) is 13.6. The molecular weight excluding hydrogens is 380 g/mol. The maximum atomic E-state index is 12.4. The van der Waals surface area contributed by atoms with E-state index in [1.54, 1.807) is 30.3 Å². The fraction of sp³-hybridized carbons (Fsp3) is 0.100. The maximum Gasteiger partial charge on any atom is 0.257 e. The Bertz CT molecular complexity index is 1050. The number of rotatable bonds is 4. The molecule has 1 aliphatic heterocycles. The summed E-state index contributed by atoms with van der Waals surface area (Å²) in [5.41, 5.74) is 1.92. The van der Waals surface area contributed by atoms with Crippen LogP contribution in [0, 0.1) is 0 Å². The Morgan fingerprint density at radius 3 is 2.75 bits per heavy atom. The summed E-state index contributed by atoms with van der Waals surface area (Å²) in [7, 11) is 0. The second-order valence-electron chi connectivity index (χ2n) is 5.98. The smallest absolute Gasteiger partial charge is 0.257 e. The van der Waals surface area contributed by atoms with Gasteiger partial charge in [-0.2, -0.15) is 0 Å². The highest BCUT2D eigenvalue weighted by atomic mass is 32.1. The molecular formula is C20H16N2O5S. The van der Waals surface area contributed by atoms with Gasteiger partial charge in [0.25, 0.3) is 5.91 Å². The largest absolute Gasteiger partial charge is 0.459 e. The third-order valence-electron chi connectivity index (χ3n) is 4.08. The fourth-order valence-corrected chi connectivity index (χ4v) is 2.95. The minimum Gasteiger partial charge on any atom is -0.459 e. The number of nitrogens with one attached hydrogen (secondary N) is 2. The van der Waals surface area contributed by atoms with E-state index in [4.69, 9.17) is 31.2 Å². The second kappa shape index (κ2) is 7.71. The molecule has 3 aromatic rings. The monoisotopic (exact) mass is 396 g/mol. The van der Waals surface area contributed by atoms with Gasteiger partial charge in [-0.05, 0) is 54.7 Å². The van der Waals surface area contributed by atoms with Crippen molar-refractivity contribution in [3.05, 3.63) is 65.9 Å². The minimum absolute atomic E-state index is 0.145. The van der Waals surface area contributed by atoms with Crippen LogP contribution in [-0.4, -0.2) is 22.9 Å². The van der Waals surface area contributed by atoms with Crippen LogP contribution in [0.25, 0.3) is 11.3 Å². The highest BCUT2D eigenvalue weighted by Crippen LogP contribution is 2.32. The third kappa shape index (κ3) is 3.83. The summed E-state index contributed by atoms with van der Waals surface area (Å²) in [5, 5.41) is 14.9. The summed E-state index contributed by atoms with van der Waals surface area (Å²) in [6.45, 7) is -0.0138. The molecule has 1 aromatic heterocycles. The van der Waals surface area contributed by atoms with Gasteiger partial charge >= 0.3 is 0 Å². The molecule has 0 saturated carbocycles. The molecule has 4 rings (SSSR count). The van der Waals surface area contributed by atoms with Crippen LogP contribution >= 0.6 is 12.2 Å². The van der Waals surface area contributed by atoms with Gasteiger partial charge in [0.15, 0.2) is 16.6 Å². The first kappa shape index (κ1) is 18.0. The van der Waals surface area contributed by atoms with Gasteiger partial charge < -0.3 is 24.3 Å². The Hall–Kier alpha value is -3.36. The topological polar surface area (TPSA) is 93.0 Å². The zero-order chi connectivity index (χ0) is 19.5. The highest BCUT2D eigenvalue weighted by Gasteiger charge is 2.17. The molecule has 1 aliphatic rings. The van der Waals surface area contributed by atoms with Crippen molar-refractivity contribution in [1.29, 1.82) is 0 Å². The Labute approximate surface area is 165 Å². The van der Waals surface area contributed by atoms with Gasteiger partial charge in [-0.25, -0.2) is 0 Å². The van der Waals surface area contributed by atoms with E-state index < -0.39 is 0 Å². The lowest BCUT2D eigenvalue weighted by atomic mass is 10.1. The van der Waals surface area contributed by atoms with Crippen molar-refractivity contribution in [3.63, 3.8) is 0 Å². The molecule has 142 valence electrons. The molecule has 0 radical (unpaired) electrons. The molecule has 0 atom stereocenters. The third-order valence-corrected chi connectivity index (χ3v) is 4.29. The van der Waals surface area contributed by atoms with Crippen LogP contribution in [-0.2, 0) is 6.61 Å². The number of aliphatic hydroxyl groups is 1. The lowest BCUT2D eigenvalue weighted by molar-refractivity contribution is 0.0977. The molecule has 0 saturated heterocycles. The number of ether oxygens (including phenoxy) is 2. The van der Waals surface area contributed by atoms with Crippen molar-refractivity contribution >= 4 is 28.9 Å². The number of aliphatic hydroxyl groups excluding tert-OH is 1. The number of amides is 1. The number of carbonyl (C=O) groups is 1. The highest BCUT2D eigenvalue weighted by molar-refractivity contribution is 7.80. The van der Waals surface area contributed by atoms with E-state index in [-0.39, 0.29) is 24.4 Å². The van der Waals surface area contributed by atoms with Gasteiger partial charge in [-0.15, -0.1) is 0 Å². The van der Waals surface area contributed by atoms with Gasteiger partial charge in [-0.1, -0.05) is 12.1 Å². The van der Waals surface area contributed by atoms with E-state index in [0.717, 1.165) is 5.56 Å². The molecule has 8 heteroatoms.